The molecule has 0 atom stereocenters. The van der Waals surface area contributed by atoms with Crippen molar-refractivity contribution in [2.75, 3.05) is 7.11 Å². The first kappa shape index (κ1) is 11.1. The predicted octanol–water partition coefficient (Wildman–Crippen LogP) is 1.34. The van der Waals surface area contributed by atoms with E-state index in [0.29, 0.717) is 0 Å². The molecule has 0 heterocycles. The molecule has 0 unspecified atom stereocenters. The first-order chi connectivity index (χ1) is 8.07. The molecule has 0 aliphatic heterocycles. The molecular weight excluding hydrogens is 222 g/mol. The molecule has 0 fully saturated rings. The predicted molar refractivity (Wildman–Crippen MR) is 60.1 cm³/mol. The highest BCUT2D eigenvalue weighted by Crippen LogP contribution is 2.28. The highest BCUT2D eigenvalue weighted by atomic mass is 16.5. The van der Waals surface area contributed by atoms with Crippen molar-refractivity contribution in [3.8, 4) is 0 Å². The second kappa shape index (κ2) is 3.86. The quantitative estimate of drug-likeness (QED) is 0.714. The summed E-state index contributed by atoms with van der Waals surface area (Å²) in [5.74, 6) is -1.88. The van der Waals surface area contributed by atoms with E-state index < -0.39 is 28.8 Å². The number of ketones is 1. The van der Waals surface area contributed by atoms with Crippen molar-refractivity contribution in [1.82, 2.24) is 0 Å². The van der Waals surface area contributed by atoms with E-state index in [1.807, 2.05) is 0 Å². The van der Waals surface area contributed by atoms with Gasteiger partial charge in [0.1, 0.15) is 17.0 Å². The van der Waals surface area contributed by atoms with Crippen LogP contribution in [0.2, 0.25) is 0 Å². The highest BCUT2D eigenvalue weighted by Gasteiger charge is 2.34. The van der Waals surface area contributed by atoms with Crippen LogP contribution in [0.3, 0.4) is 0 Å². The zero-order valence-corrected chi connectivity index (χ0v) is 8.98. The summed E-state index contributed by atoms with van der Waals surface area (Å²) >= 11 is 0. The maximum atomic E-state index is 11.8. The zero-order chi connectivity index (χ0) is 12.6. The number of fused-ring (bicyclic) bond motifs is 1. The number of benzene rings is 1. The van der Waals surface area contributed by atoms with Gasteiger partial charge in [-0.25, -0.2) is 4.79 Å². The molecule has 5 heteroatoms. The maximum absolute atomic E-state index is 11.8. The van der Waals surface area contributed by atoms with E-state index in [2.05, 4.69) is 4.74 Å². The van der Waals surface area contributed by atoms with Crippen LogP contribution >= 0.6 is 0 Å². The molecule has 0 radical (unpaired) electrons. The van der Waals surface area contributed by atoms with Gasteiger partial charge in [0.25, 0.3) is 0 Å². The average Bonchev–Trinajstić information content (AvgIpc) is 2.36. The van der Waals surface area contributed by atoms with Crippen molar-refractivity contribution in [3.63, 3.8) is 0 Å². The van der Waals surface area contributed by atoms with Crippen molar-refractivity contribution in [2.45, 2.75) is 0 Å². The number of carbonyl (C=O) groups is 2. The minimum Gasteiger partial charge on any atom is -0.506 e. The summed E-state index contributed by atoms with van der Waals surface area (Å²) in [6.07, 6.45) is 0. The van der Waals surface area contributed by atoms with Crippen LogP contribution in [0.25, 0.3) is 5.76 Å². The Labute approximate surface area is 96.8 Å². The summed E-state index contributed by atoms with van der Waals surface area (Å²) in [6, 6.07) is 6.26. The van der Waals surface area contributed by atoms with Crippen molar-refractivity contribution >= 4 is 23.2 Å². The molecule has 1 aliphatic rings. The minimum atomic E-state index is -0.893. The number of rotatable bonds is 1. The van der Waals surface area contributed by atoms with Crippen LogP contribution in [0.1, 0.15) is 15.9 Å². The van der Waals surface area contributed by atoms with Gasteiger partial charge in [-0.15, -0.1) is 0 Å². The normalized spacial score (nSPS) is 14.6. The maximum Gasteiger partial charge on any atom is 0.344 e. The Morgan fingerprint density at radius 3 is 2.47 bits per heavy atom. The SMILES string of the molecule is COC(=O)C1=C(O)c2ccccc2C(=O)C1=N. The van der Waals surface area contributed by atoms with Gasteiger partial charge < -0.3 is 9.84 Å². The van der Waals surface area contributed by atoms with Gasteiger partial charge in [0.2, 0.25) is 5.78 Å². The molecule has 86 valence electrons. The number of aliphatic hydroxyl groups excluding tert-OH is 1. The Balaban J connectivity index is 2.72. The lowest BCUT2D eigenvalue weighted by atomic mass is 9.88. The Hall–Kier alpha value is -2.43. The summed E-state index contributed by atoms with van der Waals surface area (Å²) in [5, 5.41) is 17.5. The standard InChI is InChI=1S/C12H9NO4/c1-17-12(16)8-9(13)11(15)7-5-3-2-4-6(7)10(8)14/h2-5,13-14H,1H3. The number of carbonyl (C=O) groups excluding carboxylic acids is 2. The molecule has 0 aromatic heterocycles. The van der Waals surface area contributed by atoms with Gasteiger partial charge >= 0.3 is 5.97 Å². The number of nitrogens with one attached hydrogen (secondary N) is 1. The summed E-state index contributed by atoms with van der Waals surface area (Å²) < 4.78 is 4.44. The lowest BCUT2D eigenvalue weighted by Gasteiger charge is -2.17. The van der Waals surface area contributed by atoms with Gasteiger partial charge in [-0.1, -0.05) is 24.3 Å². The number of esters is 1. The molecule has 0 bridgehead atoms. The molecule has 2 N–H and O–H groups in total. The van der Waals surface area contributed by atoms with Crippen LogP contribution in [0.15, 0.2) is 29.8 Å². The first-order valence-corrected chi connectivity index (χ1v) is 4.82. The fourth-order valence-electron chi connectivity index (χ4n) is 1.69. The Kier molecular flexibility index (Phi) is 2.51. The number of aliphatic hydroxyl groups is 1. The van der Waals surface area contributed by atoms with E-state index >= 15 is 0 Å². The molecule has 17 heavy (non-hydrogen) atoms. The number of hydrogen-bond donors (Lipinski definition) is 2. The molecule has 1 aromatic carbocycles. The van der Waals surface area contributed by atoms with Crippen molar-refractivity contribution in [1.29, 1.82) is 5.41 Å². The van der Waals surface area contributed by atoms with Gasteiger partial charge in [0, 0.05) is 11.1 Å². The molecule has 0 spiro atoms. The van der Waals surface area contributed by atoms with Crippen LogP contribution < -0.4 is 0 Å². The van der Waals surface area contributed by atoms with Gasteiger partial charge in [-0.2, -0.15) is 0 Å². The van der Waals surface area contributed by atoms with Crippen LogP contribution in [-0.4, -0.2) is 29.7 Å². The Morgan fingerprint density at radius 2 is 1.88 bits per heavy atom. The monoisotopic (exact) mass is 231 g/mol. The van der Waals surface area contributed by atoms with Gasteiger partial charge in [-0.3, -0.25) is 10.2 Å². The average molecular weight is 231 g/mol. The number of Topliss-reactive ketones (excluding diaryl/α,β-unsaturated/α-hetero) is 1. The summed E-state index contributed by atoms with van der Waals surface area (Å²) in [6.45, 7) is 0. The number of ether oxygens (including phenoxy) is 1. The second-order valence-electron chi connectivity index (χ2n) is 3.46. The van der Waals surface area contributed by atoms with Crippen LogP contribution in [0, 0.1) is 5.41 Å². The van der Waals surface area contributed by atoms with Crippen LogP contribution in [0.4, 0.5) is 0 Å². The molecule has 0 amide bonds. The zero-order valence-electron chi connectivity index (χ0n) is 8.98. The summed E-state index contributed by atoms with van der Waals surface area (Å²) in [5.41, 5.74) is -0.485. The highest BCUT2D eigenvalue weighted by molar-refractivity contribution is 6.58. The lowest BCUT2D eigenvalue weighted by Crippen LogP contribution is -2.28. The number of hydrogen-bond acceptors (Lipinski definition) is 5. The van der Waals surface area contributed by atoms with Crippen molar-refractivity contribution in [3.05, 3.63) is 41.0 Å². The summed E-state index contributed by atoms with van der Waals surface area (Å²) in [7, 11) is 1.13. The van der Waals surface area contributed by atoms with Crippen LogP contribution in [0.5, 0.6) is 0 Å². The van der Waals surface area contributed by atoms with Gasteiger partial charge in [0.05, 0.1) is 7.11 Å². The van der Waals surface area contributed by atoms with Crippen LogP contribution in [-0.2, 0) is 9.53 Å². The molecule has 1 aromatic rings. The third-order valence-electron chi connectivity index (χ3n) is 2.53. The van der Waals surface area contributed by atoms with E-state index in [-0.39, 0.29) is 11.1 Å². The first-order valence-electron chi connectivity index (χ1n) is 4.82. The molecule has 0 saturated heterocycles. The fraction of sp³-hybridized carbons (Fsp3) is 0.0833. The fourth-order valence-corrected chi connectivity index (χ4v) is 1.69. The second-order valence-corrected chi connectivity index (χ2v) is 3.46. The molecule has 2 rings (SSSR count). The molecule has 5 nitrogen and oxygen atoms in total. The van der Waals surface area contributed by atoms with Gasteiger partial charge in [-0.05, 0) is 0 Å². The largest absolute Gasteiger partial charge is 0.506 e. The van der Waals surface area contributed by atoms with Crippen molar-refractivity contribution < 1.29 is 19.4 Å². The topological polar surface area (TPSA) is 87.5 Å². The minimum absolute atomic E-state index is 0.211. The Morgan fingerprint density at radius 1 is 1.29 bits per heavy atom. The molecule has 0 saturated carbocycles. The van der Waals surface area contributed by atoms with E-state index in [1.54, 1.807) is 12.1 Å². The molecule has 1 aliphatic carbocycles. The third-order valence-corrected chi connectivity index (χ3v) is 2.53. The third kappa shape index (κ3) is 1.52. The van der Waals surface area contributed by atoms with E-state index in [9.17, 15) is 14.7 Å². The van der Waals surface area contributed by atoms with E-state index in [1.165, 1.54) is 12.1 Å². The molecular formula is C12H9NO4. The van der Waals surface area contributed by atoms with Crippen molar-refractivity contribution in [2.24, 2.45) is 0 Å². The smallest absolute Gasteiger partial charge is 0.344 e. The number of methoxy groups -OCH3 is 1. The lowest BCUT2D eigenvalue weighted by molar-refractivity contribution is -0.135. The Bertz CT molecular complexity index is 572. The van der Waals surface area contributed by atoms with Gasteiger partial charge in [0.15, 0.2) is 0 Å². The van der Waals surface area contributed by atoms with E-state index in [4.69, 9.17) is 5.41 Å². The summed E-state index contributed by atoms with van der Waals surface area (Å²) in [4.78, 5) is 23.2. The van der Waals surface area contributed by atoms with E-state index in [0.717, 1.165) is 7.11 Å².